The fraction of sp³-hybridized carbons (Fsp3) is 0.625. The zero-order valence-corrected chi connectivity index (χ0v) is 9.26. The maximum Gasteiger partial charge on any atom is 0.212 e. The minimum absolute atomic E-state index is 0.0526. The highest BCUT2D eigenvalue weighted by atomic mass is 32.2. The van der Waals surface area contributed by atoms with Crippen LogP contribution in [0.2, 0.25) is 0 Å². The number of aryl methyl sites for hydroxylation is 1. The van der Waals surface area contributed by atoms with Crippen LogP contribution in [0.25, 0.3) is 0 Å². The molecule has 0 aliphatic rings. The molecule has 1 rings (SSSR count). The molecule has 14 heavy (non-hydrogen) atoms. The third-order valence-electron chi connectivity index (χ3n) is 1.75. The van der Waals surface area contributed by atoms with Crippen LogP contribution >= 0.6 is 0 Å². The van der Waals surface area contributed by atoms with Crippen molar-refractivity contribution in [2.45, 2.75) is 26.8 Å². The summed E-state index contributed by atoms with van der Waals surface area (Å²) in [6, 6.07) is -0.423. The summed E-state index contributed by atoms with van der Waals surface area (Å²) in [5.74, 6) is 1.11. The zero-order valence-electron chi connectivity index (χ0n) is 8.44. The quantitative estimate of drug-likeness (QED) is 0.817. The van der Waals surface area contributed by atoms with Crippen LogP contribution in [0, 0.1) is 6.92 Å². The van der Waals surface area contributed by atoms with Gasteiger partial charge < -0.3 is 4.42 Å². The Hall–Kier alpha value is -0.880. The van der Waals surface area contributed by atoms with Gasteiger partial charge in [-0.25, -0.2) is 18.1 Å². The predicted octanol–water partition coefficient (Wildman–Crippen LogP) is 0.983. The number of nitrogens with one attached hydrogen (secondary N) is 1. The molecular weight excluding hydrogens is 204 g/mol. The van der Waals surface area contributed by atoms with Crippen molar-refractivity contribution < 1.29 is 12.8 Å². The van der Waals surface area contributed by atoms with E-state index in [2.05, 4.69) is 9.71 Å². The van der Waals surface area contributed by atoms with Crippen molar-refractivity contribution in [3.05, 3.63) is 17.8 Å². The lowest BCUT2D eigenvalue weighted by molar-refractivity contribution is 0.428. The molecule has 80 valence electrons. The van der Waals surface area contributed by atoms with Crippen molar-refractivity contribution in [2.24, 2.45) is 0 Å². The highest BCUT2D eigenvalue weighted by Gasteiger charge is 2.17. The van der Waals surface area contributed by atoms with Crippen molar-refractivity contribution in [2.75, 3.05) is 5.75 Å². The van der Waals surface area contributed by atoms with E-state index in [0.717, 1.165) is 0 Å². The maximum atomic E-state index is 11.2. The number of hydrogen-bond donors (Lipinski definition) is 1. The number of rotatable bonds is 4. The SMILES string of the molecule is CCS(=O)(=O)NC(C)c1ncc(C)o1. The number of aromatic nitrogens is 1. The summed E-state index contributed by atoms with van der Waals surface area (Å²) in [5, 5.41) is 0. The van der Waals surface area contributed by atoms with Gasteiger partial charge in [0.15, 0.2) is 0 Å². The maximum absolute atomic E-state index is 11.2. The summed E-state index contributed by atoms with van der Waals surface area (Å²) in [6.07, 6.45) is 1.56. The fourth-order valence-corrected chi connectivity index (χ4v) is 1.78. The lowest BCUT2D eigenvalue weighted by Gasteiger charge is -2.08. The molecule has 0 amide bonds. The van der Waals surface area contributed by atoms with Crippen LogP contribution in [0.3, 0.4) is 0 Å². The molecule has 0 aromatic carbocycles. The molecule has 1 heterocycles. The largest absolute Gasteiger partial charge is 0.444 e. The second-order valence-electron chi connectivity index (χ2n) is 3.05. The lowest BCUT2D eigenvalue weighted by atomic mass is 10.4. The molecular formula is C8H14N2O3S. The second-order valence-corrected chi connectivity index (χ2v) is 5.09. The van der Waals surface area contributed by atoms with Crippen LogP contribution in [0.5, 0.6) is 0 Å². The first-order valence-corrected chi connectivity index (χ1v) is 6.02. The molecule has 0 fully saturated rings. The Morgan fingerprint density at radius 3 is 2.71 bits per heavy atom. The Morgan fingerprint density at radius 1 is 1.64 bits per heavy atom. The summed E-state index contributed by atoms with van der Waals surface area (Å²) in [4.78, 5) is 3.94. The number of sulfonamides is 1. The molecule has 0 radical (unpaired) electrons. The van der Waals surface area contributed by atoms with Gasteiger partial charge in [-0.3, -0.25) is 0 Å². The van der Waals surface area contributed by atoms with E-state index in [4.69, 9.17) is 4.42 Å². The lowest BCUT2D eigenvalue weighted by Crippen LogP contribution is -2.28. The van der Waals surface area contributed by atoms with E-state index in [0.29, 0.717) is 11.7 Å². The highest BCUT2D eigenvalue weighted by molar-refractivity contribution is 7.89. The van der Waals surface area contributed by atoms with Crippen LogP contribution in [0.4, 0.5) is 0 Å². The third-order valence-corrected chi connectivity index (χ3v) is 3.22. The topological polar surface area (TPSA) is 72.2 Å². The van der Waals surface area contributed by atoms with Crippen molar-refractivity contribution in [1.29, 1.82) is 0 Å². The molecule has 1 N–H and O–H groups in total. The molecule has 0 saturated carbocycles. The van der Waals surface area contributed by atoms with Crippen molar-refractivity contribution in [1.82, 2.24) is 9.71 Å². The molecule has 5 nitrogen and oxygen atoms in total. The minimum atomic E-state index is -3.21. The summed E-state index contributed by atoms with van der Waals surface area (Å²) in [7, 11) is -3.21. The smallest absolute Gasteiger partial charge is 0.212 e. The molecule has 0 spiro atoms. The standard InChI is InChI=1S/C8H14N2O3S/c1-4-14(11,12)10-7(3)8-9-5-6(2)13-8/h5,7,10H,4H2,1-3H3. The first-order chi connectivity index (χ1) is 6.44. The molecule has 1 atom stereocenters. The van der Waals surface area contributed by atoms with E-state index in [1.807, 2.05) is 0 Å². The highest BCUT2D eigenvalue weighted by Crippen LogP contribution is 2.12. The Kier molecular flexibility index (Phi) is 3.28. The summed E-state index contributed by atoms with van der Waals surface area (Å²) in [5.41, 5.74) is 0. The van der Waals surface area contributed by atoms with E-state index in [1.165, 1.54) is 0 Å². The molecule has 6 heteroatoms. The summed E-state index contributed by atoms with van der Waals surface area (Å²) < 4.78 is 30.1. The zero-order chi connectivity index (χ0) is 10.8. The summed E-state index contributed by atoms with van der Waals surface area (Å²) in [6.45, 7) is 5.03. The number of oxazole rings is 1. The van der Waals surface area contributed by atoms with Gasteiger partial charge in [0.1, 0.15) is 5.76 Å². The van der Waals surface area contributed by atoms with Gasteiger partial charge in [0.05, 0.1) is 18.0 Å². The molecule has 0 aliphatic carbocycles. The van der Waals surface area contributed by atoms with Gasteiger partial charge in [-0.15, -0.1) is 0 Å². The van der Waals surface area contributed by atoms with E-state index < -0.39 is 16.1 Å². The molecule has 1 aromatic heterocycles. The van der Waals surface area contributed by atoms with E-state index in [9.17, 15) is 8.42 Å². The second kappa shape index (κ2) is 4.10. The Balaban J connectivity index is 2.73. The van der Waals surface area contributed by atoms with Gasteiger partial charge in [-0.2, -0.15) is 0 Å². The van der Waals surface area contributed by atoms with Crippen LogP contribution in [0.1, 0.15) is 31.5 Å². The van der Waals surface area contributed by atoms with Gasteiger partial charge in [0.25, 0.3) is 0 Å². The molecule has 0 bridgehead atoms. The number of nitrogens with zero attached hydrogens (tertiary/aromatic N) is 1. The van der Waals surface area contributed by atoms with Crippen LogP contribution in [0.15, 0.2) is 10.6 Å². The van der Waals surface area contributed by atoms with Crippen molar-refractivity contribution >= 4 is 10.0 Å². The van der Waals surface area contributed by atoms with Gasteiger partial charge >= 0.3 is 0 Å². The van der Waals surface area contributed by atoms with Gasteiger partial charge in [0.2, 0.25) is 15.9 Å². The van der Waals surface area contributed by atoms with Crippen LogP contribution < -0.4 is 4.72 Å². The van der Waals surface area contributed by atoms with Gasteiger partial charge in [-0.1, -0.05) is 0 Å². The third kappa shape index (κ3) is 2.81. The van der Waals surface area contributed by atoms with Crippen molar-refractivity contribution in [3.63, 3.8) is 0 Å². The first-order valence-electron chi connectivity index (χ1n) is 4.37. The summed E-state index contributed by atoms with van der Waals surface area (Å²) >= 11 is 0. The minimum Gasteiger partial charge on any atom is -0.444 e. The van der Waals surface area contributed by atoms with Gasteiger partial charge in [-0.05, 0) is 20.8 Å². The molecule has 1 unspecified atom stereocenters. The van der Waals surface area contributed by atoms with Crippen LogP contribution in [-0.4, -0.2) is 19.2 Å². The first kappa shape index (κ1) is 11.2. The Bertz CT molecular complexity index is 396. The molecule has 0 saturated heterocycles. The van der Waals surface area contributed by atoms with Gasteiger partial charge in [0, 0.05) is 0 Å². The van der Waals surface area contributed by atoms with E-state index in [-0.39, 0.29) is 5.75 Å². The molecule has 1 aromatic rings. The normalized spacial score (nSPS) is 14.2. The predicted molar refractivity (Wildman–Crippen MR) is 52.3 cm³/mol. The Labute approximate surface area is 83.6 Å². The Morgan fingerprint density at radius 2 is 2.29 bits per heavy atom. The van der Waals surface area contributed by atoms with Crippen molar-refractivity contribution in [3.8, 4) is 0 Å². The van der Waals surface area contributed by atoms with E-state index >= 15 is 0 Å². The monoisotopic (exact) mass is 218 g/mol. The average Bonchev–Trinajstić information content (AvgIpc) is 2.51. The number of hydrogen-bond acceptors (Lipinski definition) is 4. The average molecular weight is 218 g/mol. The van der Waals surface area contributed by atoms with E-state index in [1.54, 1.807) is 27.0 Å². The van der Waals surface area contributed by atoms with Crippen LogP contribution in [-0.2, 0) is 10.0 Å². The molecule has 0 aliphatic heterocycles. The fourth-order valence-electron chi connectivity index (χ4n) is 0.975.